The van der Waals surface area contributed by atoms with Crippen LogP contribution in [-0.4, -0.2) is 17.8 Å². The Balaban J connectivity index is 2.17. The van der Waals surface area contributed by atoms with Crippen molar-refractivity contribution in [1.82, 2.24) is 10.1 Å². The van der Waals surface area contributed by atoms with Gasteiger partial charge in [0, 0.05) is 5.92 Å². The Labute approximate surface area is 124 Å². The number of aromatic nitrogens is 1. The zero-order valence-electron chi connectivity index (χ0n) is 11.7. The molecule has 22 heavy (non-hydrogen) atoms. The average molecular weight is 312 g/mol. The van der Waals surface area contributed by atoms with Crippen molar-refractivity contribution in [2.75, 3.05) is 13.1 Å². The van der Waals surface area contributed by atoms with Crippen LogP contribution in [0.1, 0.15) is 24.5 Å². The fraction of sp³-hybridized carbons (Fsp3) is 0.400. The third kappa shape index (κ3) is 2.68. The number of rotatable bonds is 2. The van der Waals surface area contributed by atoms with Crippen molar-refractivity contribution >= 4 is 0 Å². The van der Waals surface area contributed by atoms with Crippen molar-refractivity contribution in [2.45, 2.75) is 25.1 Å². The highest BCUT2D eigenvalue weighted by Gasteiger charge is 2.39. The van der Waals surface area contributed by atoms with Gasteiger partial charge in [0.2, 0.25) is 0 Å². The van der Waals surface area contributed by atoms with Crippen LogP contribution >= 0.6 is 0 Å². The first kappa shape index (κ1) is 14.9. The van der Waals surface area contributed by atoms with Crippen LogP contribution in [0, 0.1) is 0 Å². The minimum atomic E-state index is -4.86. The predicted octanol–water partition coefficient (Wildman–Crippen LogP) is 3.05. The summed E-state index contributed by atoms with van der Waals surface area (Å²) in [7, 11) is 0. The van der Waals surface area contributed by atoms with Crippen molar-refractivity contribution in [3.8, 4) is 11.1 Å². The molecule has 7 heteroatoms. The van der Waals surface area contributed by atoms with Gasteiger partial charge < -0.3 is 9.84 Å². The summed E-state index contributed by atoms with van der Waals surface area (Å²) in [5, 5.41) is 3.15. The Morgan fingerprint density at radius 1 is 1.14 bits per heavy atom. The zero-order valence-corrected chi connectivity index (χ0v) is 11.7. The number of alkyl halides is 3. The highest BCUT2D eigenvalue weighted by Crippen LogP contribution is 2.34. The van der Waals surface area contributed by atoms with Gasteiger partial charge in [-0.25, -0.2) is 0 Å². The lowest BCUT2D eigenvalue weighted by Gasteiger charge is -2.21. The normalized spacial score (nSPS) is 16.9. The van der Waals surface area contributed by atoms with Crippen molar-refractivity contribution < 1.29 is 17.7 Å². The summed E-state index contributed by atoms with van der Waals surface area (Å²) in [4.78, 5) is 12.2. The zero-order chi connectivity index (χ0) is 15.7. The molecule has 1 aromatic carbocycles. The monoisotopic (exact) mass is 312 g/mol. The van der Waals surface area contributed by atoms with Crippen LogP contribution < -0.4 is 10.9 Å². The summed E-state index contributed by atoms with van der Waals surface area (Å²) in [6, 6.07) is 8.36. The maximum absolute atomic E-state index is 13.0. The molecule has 0 amide bonds. The second kappa shape index (κ2) is 5.64. The molecule has 0 aliphatic carbocycles. The minimum Gasteiger partial charge on any atom is -0.372 e. The molecular weight excluding hydrogens is 297 g/mol. The van der Waals surface area contributed by atoms with Gasteiger partial charge in [0.05, 0.1) is 5.56 Å². The number of halogens is 3. The Hall–Kier alpha value is -2.02. The maximum atomic E-state index is 13.0. The van der Waals surface area contributed by atoms with E-state index in [0.29, 0.717) is 31.5 Å². The first-order valence-electron chi connectivity index (χ1n) is 7.08. The molecule has 3 rings (SSSR count). The Kier molecular flexibility index (Phi) is 3.82. The van der Waals surface area contributed by atoms with E-state index in [-0.39, 0.29) is 17.2 Å². The summed E-state index contributed by atoms with van der Waals surface area (Å²) >= 11 is 0. The van der Waals surface area contributed by atoms with Gasteiger partial charge >= 0.3 is 6.30 Å². The topological polar surface area (TPSA) is 47.2 Å². The summed E-state index contributed by atoms with van der Waals surface area (Å²) < 4.78 is 43.4. The molecule has 0 bridgehead atoms. The van der Waals surface area contributed by atoms with Crippen LogP contribution in [0.2, 0.25) is 0 Å². The maximum Gasteiger partial charge on any atom is 0.520 e. The molecule has 1 N–H and O–H groups in total. The van der Waals surface area contributed by atoms with E-state index in [9.17, 15) is 18.0 Å². The fourth-order valence-corrected chi connectivity index (χ4v) is 2.79. The number of benzene rings is 1. The number of hydrogen-bond acceptors (Lipinski definition) is 3. The summed E-state index contributed by atoms with van der Waals surface area (Å²) in [5.41, 5.74) is -0.676. The highest BCUT2D eigenvalue weighted by molar-refractivity contribution is 5.65. The number of piperidine rings is 1. The first-order valence-corrected chi connectivity index (χ1v) is 7.08. The quantitative estimate of drug-likeness (QED) is 0.927. The summed E-state index contributed by atoms with van der Waals surface area (Å²) in [6.07, 6.45) is -3.57. The lowest BCUT2D eigenvalue weighted by atomic mass is 9.91. The van der Waals surface area contributed by atoms with Crippen LogP contribution in [0.4, 0.5) is 13.2 Å². The third-order valence-corrected chi connectivity index (χ3v) is 3.84. The molecule has 2 aromatic rings. The van der Waals surface area contributed by atoms with Crippen LogP contribution in [0.5, 0.6) is 0 Å². The number of nitrogens with one attached hydrogen (secondary N) is 1. The number of nitrogens with zero attached hydrogens (tertiary/aromatic N) is 1. The van der Waals surface area contributed by atoms with Crippen LogP contribution in [-0.2, 0) is 6.30 Å². The lowest BCUT2D eigenvalue weighted by Crippen LogP contribution is -2.27. The molecule has 0 spiro atoms. The summed E-state index contributed by atoms with van der Waals surface area (Å²) in [6.45, 7) is 1.39. The standard InChI is InChI=1S/C15H15F3N2O2/c16-15(17,18)20-14(21)12(10-4-2-1-3-5-10)13(22-20)11-6-8-19-9-7-11/h1-5,11,19H,6-9H2. The van der Waals surface area contributed by atoms with E-state index in [1.807, 2.05) is 0 Å². The van der Waals surface area contributed by atoms with Gasteiger partial charge in [0.1, 0.15) is 5.76 Å². The SMILES string of the molecule is O=c1c(-c2ccccc2)c(C2CCNCC2)on1C(F)(F)F. The lowest BCUT2D eigenvalue weighted by molar-refractivity contribution is -0.245. The molecule has 1 fully saturated rings. The Morgan fingerprint density at radius 2 is 1.77 bits per heavy atom. The highest BCUT2D eigenvalue weighted by atomic mass is 19.4. The Bertz CT molecular complexity index is 698. The van der Waals surface area contributed by atoms with Crippen LogP contribution in [0.3, 0.4) is 0 Å². The molecule has 1 aliphatic rings. The van der Waals surface area contributed by atoms with Crippen molar-refractivity contribution in [3.05, 3.63) is 46.4 Å². The van der Waals surface area contributed by atoms with Crippen LogP contribution in [0.15, 0.2) is 39.6 Å². The second-order valence-electron chi connectivity index (χ2n) is 5.29. The van der Waals surface area contributed by atoms with E-state index >= 15 is 0 Å². The van der Waals surface area contributed by atoms with E-state index in [4.69, 9.17) is 4.52 Å². The Morgan fingerprint density at radius 3 is 2.36 bits per heavy atom. The number of hydrogen-bond donors (Lipinski definition) is 1. The molecule has 1 aliphatic heterocycles. The van der Waals surface area contributed by atoms with E-state index in [0.717, 1.165) is 0 Å². The van der Waals surface area contributed by atoms with E-state index in [2.05, 4.69) is 5.32 Å². The third-order valence-electron chi connectivity index (χ3n) is 3.84. The van der Waals surface area contributed by atoms with Gasteiger partial charge in [-0.1, -0.05) is 35.1 Å². The first-order chi connectivity index (χ1) is 10.5. The molecule has 0 unspecified atom stereocenters. The van der Waals surface area contributed by atoms with Crippen molar-refractivity contribution in [2.24, 2.45) is 0 Å². The molecule has 4 nitrogen and oxygen atoms in total. The van der Waals surface area contributed by atoms with Gasteiger partial charge in [-0.2, -0.15) is 0 Å². The van der Waals surface area contributed by atoms with Crippen molar-refractivity contribution in [3.63, 3.8) is 0 Å². The van der Waals surface area contributed by atoms with Gasteiger partial charge in [0.15, 0.2) is 0 Å². The minimum absolute atomic E-state index is 0.0184. The molecule has 1 saturated heterocycles. The molecule has 0 atom stereocenters. The van der Waals surface area contributed by atoms with E-state index in [1.54, 1.807) is 30.3 Å². The molecule has 0 saturated carbocycles. The van der Waals surface area contributed by atoms with Gasteiger partial charge in [0.25, 0.3) is 5.56 Å². The summed E-state index contributed by atoms with van der Waals surface area (Å²) in [5.74, 6) is -0.0530. The molecular formula is C15H15F3N2O2. The predicted molar refractivity (Wildman–Crippen MR) is 74.5 cm³/mol. The van der Waals surface area contributed by atoms with Crippen LogP contribution in [0.25, 0.3) is 11.1 Å². The molecule has 2 heterocycles. The largest absolute Gasteiger partial charge is 0.520 e. The fourth-order valence-electron chi connectivity index (χ4n) is 2.79. The molecule has 0 radical (unpaired) electrons. The van der Waals surface area contributed by atoms with Gasteiger partial charge in [-0.05, 0) is 31.5 Å². The van der Waals surface area contributed by atoms with E-state index in [1.165, 1.54) is 0 Å². The van der Waals surface area contributed by atoms with Gasteiger partial charge in [-0.3, -0.25) is 4.79 Å². The van der Waals surface area contributed by atoms with Gasteiger partial charge in [-0.15, -0.1) is 13.2 Å². The van der Waals surface area contributed by atoms with E-state index < -0.39 is 16.6 Å². The van der Waals surface area contributed by atoms with Crippen molar-refractivity contribution in [1.29, 1.82) is 0 Å². The smallest absolute Gasteiger partial charge is 0.372 e. The molecule has 118 valence electrons. The second-order valence-corrected chi connectivity index (χ2v) is 5.29. The average Bonchev–Trinajstić information content (AvgIpc) is 2.86. The molecule has 1 aromatic heterocycles.